The number of rotatable bonds is 5. The molecule has 0 radical (unpaired) electrons. The number of carbonyl (C=O) groups excluding carboxylic acids is 1. The summed E-state index contributed by atoms with van der Waals surface area (Å²) in [6.07, 6.45) is 5.84. The average molecular weight is 362 g/mol. The molecule has 0 saturated carbocycles. The first-order valence-electron chi connectivity index (χ1n) is 9.86. The van der Waals surface area contributed by atoms with Crippen molar-refractivity contribution in [3.8, 4) is 0 Å². The summed E-state index contributed by atoms with van der Waals surface area (Å²) in [4.78, 5) is 17.1. The Kier molecular flexibility index (Phi) is 6.65. The van der Waals surface area contributed by atoms with Gasteiger partial charge in [0.15, 0.2) is 0 Å². The third kappa shape index (κ3) is 4.83. The highest BCUT2D eigenvalue weighted by Crippen LogP contribution is 2.22. The number of nitrogens with zero attached hydrogens (tertiary/aromatic N) is 2. The molecular formula is C21H31FN2O2. The molecule has 1 amide bonds. The van der Waals surface area contributed by atoms with E-state index in [2.05, 4.69) is 4.90 Å². The zero-order chi connectivity index (χ0) is 18.5. The second-order valence-corrected chi connectivity index (χ2v) is 7.67. The van der Waals surface area contributed by atoms with E-state index in [-0.39, 0.29) is 11.7 Å². The topological polar surface area (TPSA) is 32.8 Å². The zero-order valence-corrected chi connectivity index (χ0v) is 16.0. The number of piperidine rings is 2. The lowest BCUT2D eigenvalue weighted by molar-refractivity contribution is -0.132. The van der Waals surface area contributed by atoms with Gasteiger partial charge in [-0.05, 0) is 56.2 Å². The quantitative estimate of drug-likeness (QED) is 0.807. The molecule has 3 rings (SSSR count). The van der Waals surface area contributed by atoms with Gasteiger partial charge in [-0.3, -0.25) is 4.79 Å². The Labute approximate surface area is 156 Å². The standard InChI is InChI=1S/C21H31FN2O2/c1-16-3-4-17(15-20(16)22)5-6-21(25)24-11-7-18(8-12-24)23-13-9-19(26-2)10-14-23/h3-4,15,18-19H,5-14H2,1-2H3. The van der Waals surface area contributed by atoms with E-state index >= 15 is 0 Å². The first-order valence-corrected chi connectivity index (χ1v) is 9.86. The van der Waals surface area contributed by atoms with E-state index in [4.69, 9.17) is 4.74 Å². The maximum absolute atomic E-state index is 13.6. The normalized spacial score (nSPS) is 20.5. The van der Waals surface area contributed by atoms with Gasteiger partial charge in [-0.15, -0.1) is 0 Å². The summed E-state index contributed by atoms with van der Waals surface area (Å²) in [7, 11) is 1.80. The van der Waals surface area contributed by atoms with Crippen LogP contribution in [-0.2, 0) is 16.0 Å². The lowest BCUT2D eigenvalue weighted by atomic mass is 9.98. The Bertz CT molecular complexity index is 606. The summed E-state index contributed by atoms with van der Waals surface area (Å²) in [6, 6.07) is 5.86. The van der Waals surface area contributed by atoms with Crippen molar-refractivity contribution < 1.29 is 13.9 Å². The fourth-order valence-electron chi connectivity index (χ4n) is 4.16. The molecule has 0 atom stereocenters. The summed E-state index contributed by atoms with van der Waals surface area (Å²) in [6.45, 7) is 5.66. The molecule has 2 fully saturated rings. The van der Waals surface area contributed by atoms with Gasteiger partial charge in [0.25, 0.3) is 0 Å². The maximum Gasteiger partial charge on any atom is 0.222 e. The van der Waals surface area contributed by atoms with E-state index in [0.717, 1.165) is 57.4 Å². The van der Waals surface area contributed by atoms with Crippen LogP contribution in [0.5, 0.6) is 0 Å². The van der Waals surface area contributed by atoms with Gasteiger partial charge in [0.05, 0.1) is 6.10 Å². The monoisotopic (exact) mass is 362 g/mol. The molecule has 26 heavy (non-hydrogen) atoms. The van der Waals surface area contributed by atoms with Crippen LogP contribution in [0.2, 0.25) is 0 Å². The molecule has 0 N–H and O–H groups in total. The highest BCUT2D eigenvalue weighted by atomic mass is 19.1. The second kappa shape index (κ2) is 8.96. The molecule has 0 spiro atoms. The van der Waals surface area contributed by atoms with Crippen LogP contribution in [0.3, 0.4) is 0 Å². The number of likely N-dealkylation sites (tertiary alicyclic amines) is 2. The molecule has 0 aromatic heterocycles. The van der Waals surface area contributed by atoms with Crippen LogP contribution >= 0.6 is 0 Å². The average Bonchev–Trinajstić information content (AvgIpc) is 2.69. The molecule has 1 aromatic rings. The number of ether oxygens (including phenoxy) is 1. The van der Waals surface area contributed by atoms with Gasteiger partial charge in [0.2, 0.25) is 5.91 Å². The molecule has 2 aliphatic rings. The molecule has 2 aliphatic heterocycles. The first kappa shape index (κ1) is 19.3. The number of hydrogen-bond donors (Lipinski definition) is 0. The summed E-state index contributed by atoms with van der Waals surface area (Å²) in [5, 5.41) is 0. The summed E-state index contributed by atoms with van der Waals surface area (Å²) >= 11 is 0. The van der Waals surface area contributed by atoms with Gasteiger partial charge in [-0.25, -0.2) is 4.39 Å². The fraction of sp³-hybridized carbons (Fsp3) is 0.667. The van der Waals surface area contributed by atoms with E-state index < -0.39 is 0 Å². The third-order valence-electron chi connectivity index (χ3n) is 6.01. The van der Waals surface area contributed by atoms with Crippen molar-refractivity contribution in [1.82, 2.24) is 9.80 Å². The predicted molar refractivity (Wildman–Crippen MR) is 101 cm³/mol. The summed E-state index contributed by atoms with van der Waals surface area (Å²) < 4.78 is 19.1. The van der Waals surface area contributed by atoms with Crippen LogP contribution in [0.15, 0.2) is 18.2 Å². The molecule has 5 heteroatoms. The molecule has 144 valence electrons. The molecule has 4 nitrogen and oxygen atoms in total. The molecular weight excluding hydrogens is 331 g/mol. The van der Waals surface area contributed by atoms with E-state index in [1.54, 1.807) is 26.2 Å². The highest BCUT2D eigenvalue weighted by molar-refractivity contribution is 5.76. The molecule has 0 aliphatic carbocycles. The smallest absolute Gasteiger partial charge is 0.222 e. The Hall–Kier alpha value is -1.46. The summed E-state index contributed by atoms with van der Waals surface area (Å²) in [5.41, 5.74) is 1.55. The van der Waals surface area contributed by atoms with Gasteiger partial charge in [0, 0.05) is 45.8 Å². The minimum atomic E-state index is -0.187. The molecule has 2 heterocycles. The van der Waals surface area contributed by atoms with E-state index in [1.165, 1.54) is 0 Å². The van der Waals surface area contributed by atoms with Crippen LogP contribution in [0.4, 0.5) is 4.39 Å². The van der Waals surface area contributed by atoms with Crippen LogP contribution in [0.1, 0.15) is 43.2 Å². The highest BCUT2D eigenvalue weighted by Gasteiger charge is 2.29. The maximum atomic E-state index is 13.6. The predicted octanol–water partition coefficient (Wildman–Crippen LogP) is 3.17. The van der Waals surface area contributed by atoms with Crippen LogP contribution < -0.4 is 0 Å². The molecule has 1 aromatic carbocycles. The Morgan fingerprint density at radius 2 is 1.85 bits per heavy atom. The van der Waals surface area contributed by atoms with Crippen LogP contribution in [-0.4, -0.2) is 61.1 Å². The van der Waals surface area contributed by atoms with Gasteiger partial charge in [0.1, 0.15) is 5.82 Å². The minimum Gasteiger partial charge on any atom is -0.381 e. The SMILES string of the molecule is COC1CCN(C2CCN(C(=O)CCc3ccc(C)c(F)c3)CC2)CC1. The Balaban J connectivity index is 1.41. The van der Waals surface area contributed by atoms with Crippen LogP contribution in [0.25, 0.3) is 0 Å². The number of hydrogen-bond acceptors (Lipinski definition) is 3. The van der Waals surface area contributed by atoms with Crippen molar-refractivity contribution in [2.45, 2.75) is 57.6 Å². The lowest BCUT2D eigenvalue weighted by Gasteiger charge is -2.41. The fourth-order valence-corrected chi connectivity index (χ4v) is 4.16. The summed E-state index contributed by atoms with van der Waals surface area (Å²) in [5.74, 6) is 0.00975. The van der Waals surface area contributed by atoms with Crippen molar-refractivity contribution >= 4 is 5.91 Å². The number of aryl methyl sites for hydroxylation is 2. The lowest BCUT2D eigenvalue weighted by Crippen LogP contribution is -2.49. The number of halogens is 1. The van der Waals surface area contributed by atoms with Gasteiger partial charge < -0.3 is 14.5 Å². The van der Waals surface area contributed by atoms with Gasteiger partial charge in [-0.2, -0.15) is 0 Å². The van der Waals surface area contributed by atoms with E-state index in [1.807, 2.05) is 11.0 Å². The van der Waals surface area contributed by atoms with Gasteiger partial charge >= 0.3 is 0 Å². The first-order chi connectivity index (χ1) is 12.6. The van der Waals surface area contributed by atoms with Crippen molar-refractivity contribution in [3.05, 3.63) is 35.1 Å². The largest absolute Gasteiger partial charge is 0.381 e. The molecule has 0 bridgehead atoms. The van der Waals surface area contributed by atoms with E-state index in [9.17, 15) is 9.18 Å². The third-order valence-corrected chi connectivity index (χ3v) is 6.01. The Morgan fingerprint density at radius 1 is 1.15 bits per heavy atom. The van der Waals surface area contributed by atoms with Crippen molar-refractivity contribution in [2.24, 2.45) is 0 Å². The minimum absolute atomic E-state index is 0.187. The van der Waals surface area contributed by atoms with Crippen LogP contribution in [0, 0.1) is 12.7 Å². The molecule has 2 saturated heterocycles. The van der Waals surface area contributed by atoms with E-state index in [0.29, 0.717) is 30.6 Å². The number of amides is 1. The van der Waals surface area contributed by atoms with Crippen molar-refractivity contribution in [1.29, 1.82) is 0 Å². The number of methoxy groups -OCH3 is 1. The Morgan fingerprint density at radius 3 is 2.46 bits per heavy atom. The number of carbonyl (C=O) groups is 1. The van der Waals surface area contributed by atoms with Gasteiger partial charge in [-0.1, -0.05) is 12.1 Å². The molecule has 0 unspecified atom stereocenters. The number of benzene rings is 1. The second-order valence-electron chi connectivity index (χ2n) is 7.67. The van der Waals surface area contributed by atoms with Crippen molar-refractivity contribution in [2.75, 3.05) is 33.3 Å². The zero-order valence-electron chi connectivity index (χ0n) is 16.0. The van der Waals surface area contributed by atoms with Crippen molar-refractivity contribution in [3.63, 3.8) is 0 Å².